The number of esters is 2. The maximum Gasteiger partial charge on any atom is 0.390 e. The van der Waals surface area contributed by atoms with Crippen molar-refractivity contribution in [2.75, 3.05) is 14.2 Å². The molecule has 0 saturated carbocycles. The lowest BCUT2D eigenvalue weighted by Crippen LogP contribution is -2.09. The van der Waals surface area contributed by atoms with E-state index in [4.69, 9.17) is 9.47 Å². The summed E-state index contributed by atoms with van der Waals surface area (Å²) in [6.45, 7) is 3.13. The lowest BCUT2D eigenvalue weighted by molar-refractivity contribution is -0.128. The largest absolute Gasteiger partial charge is 0.507 e. The molecule has 2 rings (SSSR count). The molecular weight excluding hydrogens is 336 g/mol. The fourth-order valence-corrected chi connectivity index (χ4v) is 2.26. The Hall–Kier alpha value is -3.46. The topological polar surface area (TPSA) is 82.1 Å². The van der Waals surface area contributed by atoms with Crippen LogP contribution in [-0.2, 0) is 9.53 Å². The van der Waals surface area contributed by atoms with Gasteiger partial charge in [0.1, 0.15) is 22.8 Å². The van der Waals surface area contributed by atoms with Crippen molar-refractivity contribution in [3.05, 3.63) is 52.6 Å². The SMILES string of the molecule is COC(=O)c1c(C)cc(OC(=O)C#Cc2ccc(OC)cc2)c(C)c1O. The molecule has 0 heterocycles. The van der Waals surface area contributed by atoms with Crippen LogP contribution in [0.4, 0.5) is 0 Å². The Morgan fingerprint density at radius 3 is 2.31 bits per heavy atom. The Kier molecular flexibility index (Phi) is 5.86. The monoisotopic (exact) mass is 354 g/mol. The van der Waals surface area contributed by atoms with E-state index in [1.165, 1.54) is 20.1 Å². The number of hydrogen-bond donors (Lipinski definition) is 1. The highest BCUT2D eigenvalue weighted by molar-refractivity contribution is 5.96. The molecule has 2 aromatic rings. The van der Waals surface area contributed by atoms with E-state index >= 15 is 0 Å². The molecule has 0 amide bonds. The van der Waals surface area contributed by atoms with Crippen LogP contribution in [0.5, 0.6) is 17.2 Å². The highest BCUT2D eigenvalue weighted by Crippen LogP contribution is 2.33. The molecule has 0 spiro atoms. The highest BCUT2D eigenvalue weighted by Gasteiger charge is 2.21. The number of aromatic hydroxyl groups is 1. The Morgan fingerprint density at radius 2 is 1.73 bits per heavy atom. The first kappa shape index (κ1) is 18.9. The van der Waals surface area contributed by atoms with E-state index in [9.17, 15) is 14.7 Å². The van der Waals surface area contributed by atoms with Crippen LogP contribution in [0.2, 0.25) is 0 Å². The molecule has 0 aromatic heterocycles. The van der Waals surface area contributed by atoms with E-state index in [0.717, 1.165) is 0 Å². The maximum absolute atomic E-state index is 12.0. The summed E-state index contributed by atoms with van der Waals surface area (Å²) in [4.78, 5) is 23.7. The fourth-order valence-electron chi connectivity index (χ4n) is 2.26. The summed E-state index contributed by atoms with van der Waals surface area (Å²) in [6, 6.07) is 8.37. The number of carbonyl (C=O) groups excluding carboxylic acids is 2. The lowest BCUT2D eigenvalue weighted by atomic mass is 10.0. The molecule has 0 saturated heterocycles. The van der Waals surface area contributed by atoms with Gasteiger partial charge in [-0.1, -0.05) is 5.92 Å². The van der Waals surface area contributed by atoms with Crippen LogP contribution in [-0.4, -0.2) is 31.3 Å². The number of methoxy groups -OCH3 is 2. The van der Waals surface area contributed by atoms with Gasteiger partial charge in [0.15, 0.2) is 0 Å². The van der Waals surface area contributed by atoms with E-state index in [1.807, 2.05) is 0 Å². The number of hydrogen-bond acceptors (Lipinski definition) is 6. The molecule has 26 heavy (non-hydrogen) atoms. The van der Waals surface area contributed by atoms with E-state index in [-0.39, 0.29) is 22.6 Å². The predicted molar refractivity (Wildman–Crippen MR) is 94.4 cm³/mol. The highest BCUT2D eigenvalue weighted by atomic mass is 16.5. The summed E-state index contributed by atoms with van der Waals surface area (Å²) in [6.07, 6.45) is 0. The van der Waals surface area contributed by atoms with Crippen molar-refractivity contribution in [2.45, 2.75) is 13.8 Å². The Morgan fingerprint density at radius 1 is 1.08 bits per heavy atom. The number of phenols is 1. The van der Waals surface area contributed by atoms with Gasteiger partial charge in [0.2, 0.25) is 0 Å². The van der Waals surface area contributed by atoms with Crippen molar-refractivity contribution < 1.29 is 28.9 Å². The molecule has 0 aliphatic heterocycles. The normalized spacial score (nSPS) is 9.69. The van der Waals surface area contributed by atoms with Crippen molar-refractivity contribution in [1.29, 1.82) is 0 Å². The minimum absolute atomic E-state index is 0.0362. The van der Waals surface area contributed by atoms with Crippen molar-refractivity contribution in [2.24, 2.45) is 0 Å². The molecule has 134 valence electrons. The summed E-state index contributed by atoms with van der Waals surface area (Å²) < 4.78 is 14.9. The maximum atomic E-state index is 12.0. The second kappa shape index (κ2) is 8.08. The Labute approximate surface area is 151 Å². The van der Waals surface area contributed by atoms with Crippen molar-refractivity contribution in [1.82, 2.24) is 0 Å². The Balaban J connectivity index is 2.22. The molecule has 0 fully saturated rings. The summed E-state index contributed by atoms with van der Waals surface area (Å²) in [5.41, 5.74) is 1.33. The zero-order valence-electron chi connectivity index (χ0n) is 14.9. The van der Waals surface area contributed by atoms with Crippen LogP contribution in [0.25, 0.3) is 0 Å². The standard InChI is InChI=1S/C20H18O6/c1-12-11-16(13(2)19(22)18(12)20(23)25-4)26-17(21)10-7-14-5-8-15(24-3)9-6-14/h5-6,8-9,11,22H,1-4H3. The fraction of sp³-hybridized carbons (Fsp3) is 0.200. The zero-order valence-corrected chi connectivity index (χ0v) is 14.9. The quantitative estimate of drug-likeness (QED) is 0.518. The van der Waals surface area contributed by atoms with E-state index in [2.05, 4.69) is 16.6 Å². The summed E-state index contributed by atoms with van der Waals surface area (Å²) in [7, 11) is 2.78. The second-order valence-corrected chi connectivity index (χ2v) is 5.40. The predicted octanol–water partition coefficient (Wildman–Crippen LogP) is 2.76. The van der Waals surface area contributed by atoms with E-state index < -0.39 is 11.9 Å². The Bertz CT molecular complexity index is 901. The first-order valence-corrected chi connectivity index (χ1v) is 7.66. The van der Waals surface area contributed by atoms with Crippen molar-refractivity contribution in [3.8, 4) is 29.1 Å². The van der Waals surface area contributed by atoms with Gasteiger partial charge in [-0.25, -0.2) is 9.59 Å². The van der Waals surface area contributed by atoms with Crippen LogP contribution in [0.3, 0.4) is 0 Å². The third-order valence-electron chi connectivity index (χ3n) is 3.69. The molecule has 0 bridgehead atoms. The average Bonchev–Trinajstić information content (AvgIpc) is 2.64. The molecular formula is C20H18O6. The van der Waals surface area contributed by atoms with Gasteiger partial charge in [0, 0.05) is 17.0 Å². The first-order valence-electron chi connectivity index (χ1n) is 7.66. The van der Waals surface area contributed by atoms with Gasteiger partial charge >= 0.3 is 11.9 Å². The number of rotatable bonds is 3. The van der Waals surface area contributed by atoms with E-state index in [1.54, 1.807) is 38.3 Å². The van der Waals surface area contributed by atoms with Gasteiger partial charge < -0.3 is 19.3 Å². The second-order valence-electron chi connectivity index (χ2n) is 5.40. The summed E-state index contributed by atoms with van der Waals surface area (Å²) >= 11 is 0. The van der Waals surface area contributed by atoms with Crippen LogP contribution >= 0.6 is 0 Å². The number of ether oxygens (including phenoxy) is 3. The van der Waals surface area contributed by atoms with Gasteiger partial charge in [-0.15, -0.1) is 0 Å². The molecule has 1 N–H and O–H groups in total. The summed E-state index contributed by atoms with van der Waals surface area (Å²) in [5, 5.41) is 10.2. The van der Waals surface area contributed by atoms with Crippen LogP contribution in [0.15, 0.2) is 30.3 Å². The smallest absolute Gasteiger partial charge is 0.390 e. The van der Waals surface area contributed by atoms with Gasteiger partial charge in [0.05, 0.1) is 14.2 Å². The average molecular weight is 354 g/mol. The minimum atomic E-state index is -0.784. The number of carbonyl (C=O) groups is 2. The molecule has 0 aliphatic carbocycles. The number of phenolic OH excluding ortho intramolecular Hbond substituents is 1. The van der Waals surface area contributed by atoms with Gasteiger partial charge in [0.25, 0.3) is 0 Å². The number of aryl methyl sites for hydroxylation is 1. The zero-order chi connectivity index (χ0) is 19.3. The van der Waals surface area contributed by atoms with Crippen LogP contribution in [0.1, 0.15) is 27.0 Å². The minimum Gasteiger partial charge on any atom is -0.507 e. The lowest BCUT2D eigenvalue weighted by Gasteiger charge is -2.12. The molecule has 0 radical (unpaired) electrons. The third-order valence-corrected chi connectivity index (χ3v) is 3.69. The van der Waals surface area contributed by atoms with Gasteiger partial charge in [-0.05, 0) is 49.7 Å². The van der Waals surface area contributed by atoms with Gasteiger partial charge in [-0.2, -0.15) is 0 Å². The van der Waals surface area contributed by atoms with Crippen molar-refractivity contribution in [3.63, 3.8) is 0 Å². The molecule has 6 nitrogen and oxygen atoms in total. The van der Waals surface area contributed by atoms with E-state index in [0.29, 0.717) is 16.9 Å². The van der Waals surface area contributed by atoms with Crippen LogP contribution < -0.4 is 9.47 Å². The molecule has 2 aromatic carbocycles. The molecule has 0 unspecified atom stereocenters. The number of benzene rings is 2. The third kappa shape index (κ3) is 4.14. The molecule has 0 aliphatic rings. The molecule has 6 heteroatoms. The van der Waals surface area contributed by atoms with Crippen molar-refractivity contribution >= 4 is 11.9 Å². The molecule has 0 atom stereocenters. The first-order chi connectivity index (χ1) is 12.4. The van der Waals surface area contributed by atoms with Gasteiger partial charge in [-0.3, -0.25) is 0 Å². The summed E-state index contributed by atoms with van der Waals surface area (Å²) in [5.74, 6) is 4.13. The van der Waals surface area contributed by atoms with Crippen LogP contribution in [0, 0.1) is 25.7 Å².